The van der Waals surface area contributed by atoms with Crippen molar-refractivity contribution in [1.82, 2.24) is 0 Å². The van der Waals surface area contributed by atoms with Crippen LogP contribution in [-0.2, 0) is 10.0 Å². The van der Waals surface area contributed by atoms with Gasteiger partial charge in [0.15, 0.2) is 0 Å². The first-order valence-electron chi connectivity index (χ1n) is 6.83. The second kappa shape index (κ2) is 6.36. The summed E-state index contributed by atoms with van der Waals surface area (Å²) in [4.78, 5) is 0.0522. The maximum absolute atomic E-state index is 13.1. The molecule has 1 N–H and O–H groups in total. The first-order chi connectivity index (χ1) is 10.3. The third-order valence-electron chi connectivity index (χ3n) is 2.90. The van der Waals surface area contributed by atoms with Gasteiger partial charge in [0, 0.05) is 5.69 Å². The third kappa shape index (κ3) is 3.98. The van der Waals surface area contributed by atoms with Crippen LogP contribution in [0.15, 0.2) is 47.4 Å². The van der Waals surface area contributed by atoms with Crippen molar-refractivity contribution in [2.75, 3.05) is 4.72 Å². The molecule has 0 radical (unpaired) electrons. The Hall–Kier alpha value is -2.08. The Balaban J connectivity index is 2.21. The van der Waals surface area contributed by atoms with E-state index in [2.05, 4.69) is 4.72 Å². The van der Waals surface area contributed by atoms with E-state index in [-0.39, 0.29) is 11.0 Å². The number of benzene rings is 2. The number of ether oxygens (including phenoxy) is 1. The van der Waals surface area contributed by atoms with Gasteiger partial charge in [-0.05, 0) is 68.8 Å². The van der Waals surface area contributed by atoms with Crippen molar-refractivity contribution in [2.45, 2.75) is 31.8 Å². The van der Waals surface area contributed by atoms with Gasteiger partial charge in [0.2, 0.25) is 0 Å². The molecule has 0 aliphatic heterocycles. The van der Waals surface area contributed by atoms with Crippen molar-refractivity contribution in [2.24, 2.45) is 0 Å². The van der Waals surface area contributed by atoms with Gasteiger partial charge in [-0.1, -0.05) is 0 Å². The van der Waals surface area contributed by atoms with Crippen LogP contribution in [-0.4, -0.2) is 14.5 Å². The number of hydrogen-bond donors (Lipinski definition) is 1. The number of sulfonamides is 1. The lowest BCUT2D eigenvalue weighted by Crippen LogP contribution is -2.14. The summed E-state index contributed by atoms with van der Waals surface area (Å²) in [7, 11) is -3.75. The largest absolute Gasteiger partial charge is 0.491 e. The molecule has 2 aromatic rings. The van der Waals surface area contributed by atoms with E-state index in [1.54, 1.807) is 31.2 Å². The number of nitrogens with one attached hydrogen (secondary N) is 1. The SMILES string of the molecule is Cc1cc(F)ccc1S(=O)(=O)Nc1ccc(OC(C)C)cc1. The highest BCUT2D eigenvalue weighted by molar-refractivity contribution is 7.92. The van der Waals surface area contributed by atoms with E-state index in [0.29, 0.717) is 17.0 Å². The van der Waals surface area contributed by atoms with E-state index in [9.17, 15) is 12.8 Å². The monoisotopic (exact) mass is 323 g/mol. The summed E-state index contributed by atoms with van der Waals surface area (Å²) in [6.45, 7) is 5.37. The molecule has 4 nitrogen and oxygen atoms in total. The smallest absolute Gasteiger partial charge is 0.262 e. The van der Waals surface area contributed by atoms with Crippen LogP contribution < -0.4 is 9.46 Å². The molecule has 22 heavy (non-hydrogen) atoms. The van der Waals surface area contributed by atoms with Gasteiger partial charge >= 0.3 is 0 Å². The van der Waals surface area contributed by atoms with E-state index < -0.39 is 15.8 Å². The molecule has 0 atom stereocenters. The molecule has 118 valence electrons. The van der Waals surface area contributed by atoms with Crippen molar-refractivity contribution in [1.29, 1.82) is 0 Å². The lowest BCUT2D eigenvalue weighted by atomic mass is 10.2. The maximum Gasteiger partial charge on any atom is 0.262 e. The quantitative estimate of drug-likeness (QED) is 0.912. The lowest BCUT2D eigenvalue weighted by Gasteiger charge is -2.12. The van der Waals surface area contributed by atoms with Crippen molar-refractivity contribution in [3.05, 3.63) is 53.8 Å². The zero-order chi connectivity index (χ0) is 16.3. The fourth-order valence-corrected chi connectivity index (χ4v) is 3.28. The van der Waals surface area contributed by atoms with Crippen LogP contribution in [0.4, 0.5) is 10.1 Å². The highest BCUT2D eigenvalue weighted by atomic mass is 32.2. The molecule has 2 rings (SSSR count). The second-order valence-corrected chi connectivity index (χ2v) is 6.86. The number of aryl methyl sites for hydroxylation is 1. The van der Waals surface area contributed by atoms with Gasteiger partial charge in [0.05, 0.1) is 11.0 Å². The van der Waals surface area contributed by atoms with Gasteiger partial charge in [-0.2, -0.15) is 0 Å². The summed E-state index contributed by atoms with van der Waals surface area (Å²) in [6.07, 6.45) is 0.0457. The number of halogens is 1. The molecule has 0 aliphatic carbocycles. The Labute approximate surface area is 130 Å². The Morgan fingerprint density at radius 2 is 1.73 bits per heavy atom. The molecular weight excluding hydrogens is 305 g/mol. The summed E-state index contributed by atoms with van der Waals surface area (Å²) in [5.41, 5.74) is 0.770. The minimum atomic E-state index is -3.75. The van der Waals surface area contributed by atoms with Gasteiger partial charge < -0.3 is 4.74 Å². The van der Waals surface area contributed by atoms with E-state index in [0.717, 1.165) is 6.07 Å². The van der Waals surface area contributed by atoms with Crippen molar-refractivity contribution >= 4 is 15.7 Å². The summed E-state index contributed by atoms with van der Waals surface area (Å²) in [5, 5.41) is 0. The molecule has 6 heteroatoms. The van der Waals surface area contributed by atoms with Crippen LogP contribution in [0.5, 0.6) is 5.75 Å². The van der Waals surface area contributed by atoms with Crippen LogP contribution >= 0.6 is 0 Å². The van der Waals surface area contributed by atoms with E-state index in [1.165, 1.54) is 12.1 Å². The van der Waals surface area contributed by atoms with Crippen LogP contribution in [0.25, 0.3) is 0 Å². The maximum atomic E-state index is 13.1. The van der Waals surface area contributed by atoms with Crippen molar-refractivity contribution < 1.29 is 17.5 Å². The highest BCUT2D eigenvalue weighted by Crippen LogP contribution is 2.22. The molecule has 0 heterocycles. The van der Waals surface area contributed by atoms with Crippen LogP contribution in [0.1, 0.15) is 19.4 Å². The summed E-state index contributed by atoms with van der Waals surface area (Å²) >= 11 is 0. The predicted molar refractivity (Wildman–Crippen MR) is 84.2 cm³/mol. The molecule has 0 aromatic heterocycles. The molecule has 2 aromatic carbocycles. The van der Waals surface area contributed by atoms with Crippen LogP contribution in [0.2, 0.25) is 0 Å². The number of rotatable bonds is 5. The average Bonchev–Trinajstić information content (AvgIpc) is 2.39. The van der Waals surface area contributed by atoms with Gasteiger partial charge in [-0.25, -0.2) is 12.8 Å². The zero-order valence-electron chi connectivity index (χ0n) is 12.6. The van der Waals surface area contributed by atoms with E-state index in [4.69, 9.17) is 4.74 Å². The molecule has 0 amide bonds. The molecule has 0 saturated carbocycles. The number of anilines is 1. The van der Waals surface area contributed by atoms with E-state index >= 15 is 0 Å². The first-order valence-corrected chi connectivity index (χ1v) is 8.32. The fourth-order valence-electron chi connectivity index (χ4n) is 2.00. The highest BCUT2D eigenvalue weighted by Gasteiger charge is 2.17. The molecular formula is C16H18FNO3S. The zero-order valence-corrected chi connectivity index (χ0v) is 13.4. The first kappa shape index (κ1) is 16.3. The second-order valence-electron chi connectivity index (χ2n) is 5.21. The van der Waals surface area contributed by atoms with Crippen LogP contribution in [0, 0.1) is 12.7 Å². The summed E-state index contributed by atoms with van der Waals surface area (Å²) in [5.74, 6) is 0.197. The summed E-state index contributed by atoms with van der Waals surface area (Å²) < 4.78 is 45.7. The summed E-state index contributed by atoms with van der Waals surface area (Å²) in [6, 6.07) is 10.2. The number of hydrogen-bond acceptors (Lipinski definition) is 3. The average molecular weight is 323 g/mol. The van der Waals surface area contributed by atoms with Gasteiger partial charge in [-0.15, -0.1) is 0 Å². The van der Waals surface area contributed by atoms with Gasteiger partial charge in [0.1, 0.15) is 11.6 Å². The molecule has 0 fully saturated rings. The van der Waals surface area contributed by atoms with E-state index in [1.807, 2.05) is 13.8 Å². The lowest BCUT2D eigenvalue weighted by molar-refractivity contribution is 0.242. The Bertz CT molecular complexity index is 755. The Kier molecular flexibility index (Phi) is 4.71. The minimum absolute atomic E-state index is 0.0457. The topological polar surface area (TPSA) is 55.4 Å². The van der Waals surface area contributed by atoms with Gasteiger partial charge in [0.25, 0.3) is 10.0 Å². The normalized spacial score (nSPS) is 11.5. The molecule has 0 bridgehead atoms. The Morgan fingerprint density at radius 3 is 2.27 bits per heavy atom. The predicted octanol–water partition coefficient (Wildman–Crippen LogP) is 3.72. The van der Waals surface area contributed by atoms with Gasteiger partial charge in [-0.3, -0.25) is 4.72 Å². The van der Waals surface area contributed by atoms with Crippen LogP contribution in [0.3, 0.4) is 0 Å². The van der Waals surface area contributed by atoms with Crippen molar-refractivity contribution in [3.63, 3.8) is 0 Å². The standard InChI is InChI=1S/C16H18FNO3S/c1-11(2)21-15-7-5-14(6-8-15)18-22(19,20)16-9-4-13(17)10-12(16)3/h4-11,18H,1-3H3. The molecule has 0 saturated heterocycles. The minimum Gasteiger partial charge on any atom is -0.491 e. The van der Waals surface area contributed by atoms with Crippen molar-refractivity contribution in [3.8, 4) is 5.75 Å². The molecule has 0 spiro atoms. The molecule has 0 unspecified atom stereocenters. The molecule has 0 aliphatic rings. The fraction of sp³-hybridized carbons (Fsp3) is 0.250. The Morgan fingerprint density at radius 1 is 1.09 bits per heavy atom. The third-order valence-corrected chi connectivity index (χ3v) is 4.45.